The lowest BCUT2D eigenvalue weighted by molar-refractivity contribution is 0.0607. The maximum absolute atomic E-state index is 11.7. The Balaban J connectivity index is 2.23. The van der Waals surface area contributed by atoms with Gasteiger partial charge in [-0.05, 0) is 13.2 Å². The molecule has 6 nitrogen and oxygen atoms in total. The largest absolute Gasteiger partial charge is 0.465 e. The molecule has 2 aromatic rings. The number of nitrogens with zero attached hydrogens (tertiary/aromatic N) is 2. The second kappa shape index (κ2) is 6.40. The van der Waals surface area contributed by atoms with Crippen molar-refractivity contribution < 1.29 is 9.53 Å². The first kappa shape index (κ1) is 15.7. The number of hydrogen-bond acceptors (Lipinski definition) is 7. The summed E-state index contributed by atoms with van der Waals surface area (Å²) >= 11 is 2.83. The molecule has 0 radical (unpaired) electrons. The van der Waals surface area contributed by atoms with Crippen molar-refractivity contribution in [2.24, 2.45) is 7.05 Å². The maximum Gasteiger partial charge on any atom is 0.350 e. The van der Waals surface area contributed by atoms with Crippen LogP contribution >= 0.6 is 23.1 Å². The number of carbonyl (C=O) groups is 1. The highest BCUT2D eigenvalue weighted by Gasteiger charge is 2.21. The van der Waals surface area contributed by atoms with E-state index in [1.165, 1.54) is 30.2 Å². The van der Waals surface area contributed by atoms with E-state index in [0.29, 0.717) is 17.1 Å². The van der Waals surface area contributed by atoms with Crippen molar-refractivity contribution in [1.29, 1.82) is 0 Å². The van der Waals surface area contributed by atoms with E-state index in [9.17, 15) is 4.79 Å². The summed E-state index contributed by atoms with van der Waals surface area (Å²) in [6, 6.07) is 0. The summed E-state index contributed by atoms with van der Waals surface area (Å²) in [6.07, 6.45) is 3.90. The lowest BCUT2D eigenvalue weighted by Crippen LogP contribution is -2.01. The number of nitrogen functional groups attached to an aromatic ring is 1. The highest BCUT2D eigenvalue weighted by atomic mass is 32.2. The van der Waals surface area contributed by atoms with Gasteiger partial charge in [0.2, 0.25) is 0 Å². The molecule has 8 heteroatoms. The lowest BCUT2D eigenvalue weighted by Gasteiger charge is -2.05. The molecule has 114 valence electrons. The van der Waals surface area contributed by atoms with Crippen LogP contribution in [0.15, 0.2) is 11.1 Å². The highest BCUT2D eigenvalue weighted by Crippen LogP contribution is 2.42. The number of nitrogens with one attached hydrogen (secondary N) is 1. The number of rotatable bonds is 5. The van der Waals surface area contributed by atoms with Gasteiger partial charge in [-0.3, -0.25) is 4.68 Å². The van der Waals surface area contributed by atoms with E-state index in [-0.39, 0.29) is 0 Å². The molecule has 0 unspecified atom stereocenters. The van der Waals surface area contributed by atoms with Crippen molar-refractivity contribution in [2.75, 3.05) is 24.4 Å². The minimum atomic E-state index is -0.404. The molecular formula is C13H18N4O2S2. The Hall–Kier alpha value is -1.67. The van der Waals surface area contributed by atoms with Crippen LogP contribution in [0.25, 0.3) is 0 Å². The highest BCUT2D eigenvalue weighted by molar-refractivity contribution is 7.99. The van der Waals surface area contributed by atoms with Crippen LogP contribution in [0.2, 0.25) is 0 Å². The minimum Gasteiger partial charge on any atom is -0.465 e. The van der Waals surface area contributed by atoms with E-state index in [0.717, 1.165) is 21.2 Å². The Kier molecular flexibility index (Phi) is 4.79. The molecule has 0 saturated heterocycles. The normalized spacial score (nSPS) is 10.7. The van der Waals surface area contributed by atoms with Crippen molar-refractivity contribution in [3.05, 3.63) is 22.3 Å². The summed E-state index contributed by atoms with van der Waals surface area (Å²) in [6.45, 7) is 2.60. The zero-order valence-corrected chi connectivity index (χ0v) is 14.0. The van der Waals surface area contributed by atoms with Gasteiger partial charge in [0.05, 0.1) is 23.4 Å². The molecule has 0 aliphatic rings. The van der Waals surface area contributed by atoms with Gasteiger partial charge in [-0.25, -0.2) is 4.79 Å². The van der Waals surface area contributed by atoms with Gasteiger partial charge < -0.3 is 15.8 Å². The number of esters is 1. The summed E-state index contributed by atoms with van der Waals surface area (Å²) in [5.74, 6) is -0.404. The van der Waals surface area contributed by atoms with Gasteiger partial charge in [0.15, 0.2) is 0 Å². The van der Waals surface area contributed by atoms with Crippen LogP contribution in [0.3, 0.4) is 0 Å². The van der Waals surface area contributed by atoms with Crippen LogP contribution in [-0.4, -0.2) is 29.1 Å². The predicted molar refractivity (Wildman–Crippen MR) is 87.1 cm³/mol. The number of ether oxygens (including phenoxy) is 1. The number of thioether (sulfide) groups is 1. The third-order valence-corrected chi connectivity index (χ3v) is 5.13. The predicted octanol–water partition coefficient (Wildman–Crippen LogP) is 2.49. The Morgan fingerprint density at radius 2 is 2.33 bits per heavy atom. The molecule has 0 aliphatic carbocycles. The van der Waals surface area contributed by atoms with Crippen LogP contribution in [0.5, 0.6) is 0 Å². The first-order valence-corrected chi connectivity index (χ1v) is 8.29. The standard InChI is InChI=1S/C13H18N4O2S2/c1-7-8(6-17(2)16-7)5-15-12-10(20-4)9(14)11(21-12)13(18)19-3/h6,15H,5,14H2,1-4H3. The Morgan fingerprint density at radius 1 is 1.62 bits per heavy atom. The summed E-state index contributed by atoms with van der Waals surface area (Å²) in [7, 11) is 3.24. The summed E-state index contributed by atoms with van der Waals surface area (Å²) < 4.78 is 6.54. The van der Waals surface area contributed by atoms with Crippen LogP contribution in [0, 0.1) is 6.92 Å². The second-order valence-corrected chi connectivity index (χ2v) is 6.30. The fourth-order valence-electron chi connectivity index (χ4n) is 1.99. The average Bonchev–Trinajstić information content (AvgIpc) is 2.94. The first-order chi connectivity index (χ1) is 9.97. The topological polar surface area (TPSA) is 82.2 Å². The van der Waals surface area contributed by atoms with Crippen molar-refractivity contribution >= 4 is 39.8 Å². The van der Waals surface area contributed by atoms with E-state index >= 15 is 0 Å². The molecule has 2 heterocycles. The third kappa shape index (κ3) is 3.16. The monoisotopic (exact) mass is 326 g/mol. The van der Waals surface area contributed by atoms with Crippen LogP contribution < -0.4 is 11.1 Å². The number of methoxy groups -OCH3 is 1. The zero-order chi connectivity index (χ0) is 15.6. The number of thiophene rings is 1. The first-order valence-electron chi connectivity index (χ1n) is 6.25. The molecular weight excluding hydrogens is 308 g/mol. The second-order valence-electron chi connectivity index (χ2n) is 4.47. The number of aromatic nitrogens is 2. The Bertz CT molecular complexity index is 663. The van der Waals surface area contributed by atoms with Gasteiger partial charge in [0, 0.05) is 25.4 Å². The fourth-order valence-corrected chi connectivity index (χ4v) is 3.94. The number of nitrogens with two attached hydrogens (primary N) is 1. The number of anilines is 2. The molecule has 21 heavy (non-hydrogen) atoms. The summed E-state index contributed by atoms with van der Waals surface area (Å²) in [4.78, 5) is 13.0. The van der Waals surface area contributed by atoms with E-state index < -0.39 is 5.97 Å². The summed E-state index contributed by atoms with van der Waals surface area (Å²) in [5, 5.41) is 8.52. The number of aryl methyl sites for hydroxylation is 2. The van der Waals surface area contributed by atoms with Gasteiger partial charge in [0.25, 0.3) is 0 Å². The summed E-state index contributed by atoms with van der Waals surface area (Å²) in [5.41, 5.74) is 8.59. The molecule has 0 atom stereocenters. The average molecular weight is 326 g/mol. The molecule has 3 N–H and O–H groups in total. The Morgan fingerprint density at radius 3 is 2.86 bits per heavy atom. The van der Waals surface area contributed by atoms with Crippen molar-refractivity contribution in [3.63, 3.8) is 0 Å². The van der Waals surface area contributed by atoms with E-state index in [4.69, 9.17) is 10.5 Å². The van der Waals surface area contributed by atoms with Crippen molar-refractivity contribution in [2.45, 2.75) is 18.4 Å². The maximum atomic E-state index is 11.7. The molecule has 0 saturated carbocycles. The van der Waals surface area contributed by atoms with E-state index in [1.807, 2.05) is 26.4 Å². The van der Waals surface area contributed by atoms with Gasteiger partial charge in [-0.15, -0.1) is 23.1 Å². The molecule has 0 aliphatic heterocycles. The number of carbonyl (C=O) groups excluding carboxylic acids is 1. The molecule has 0 amide bonds. The lowest BCUT2D eigenvalue weighted by atomic mass is 10.2. The van der Waals surface area contributed by atoms with Crippen molar-refractivity contribution in [3.8, 4) is 0 Å². The van der Waals surface area contributed by atoms with E-state index in [1.54, 1.807) is 4.68 Å². The quantitative estimate of drug-likeness (QED) is 0.649. The molecule has 0 spiro atoms. The van der Waals surface area contributed by atoms with Gasteiger partial charge in [-0.1, -0.05) is 0 Å². The van der Waals surface area contributed by atoms with Gasteiger partial charge in [0.1, 0.15) is 9.88 Å². The number of hydrogen-bond donors (Lipinski definition) is 2. The van der Waals surface area contributed by atoms with Crippen LogP contribution in [0.4, 0.5) is 10.7 Å². The molecule has 2 rings (SSSR count). The SMILES string of the molecule is COC(=O)c1sc(NCc2cn(C)nc2C)c(SC)c1N. The molecule has 0 aromatic carbocycles. The zero-order valence-electron chi connectivity index (χ0n) is 12.4. The van der Waals surface area contributed by atoms with Gasteiger partial charge in [-0.2, -0.15) is 5.10 Å². The van der Waals surface area contributed by atoms with Gasteiger partial charge >= 0.3 is 5.97 Å². The van der Waals surface area contributed by atoms with Crippen LogP contribution in [0.1, 0.15) is 20.9 Å². The van der Waals surface area contributed by atoms with E-state index in [2.05, 4.69) is 10.4 Å². The van der Waals surface area contributed by atoms with Crippen LogP contribution in [-0.2, 0) is 18.3 Å². The molecule has 2 aromatic heterocycles. The minimum absolute atomic E-state index is 0.404. The molecule has 0 fully saturated rings. The smallest absolute Gasteiger partial charge is 0.350 e. The molecule has 0 bridgehead atoms. The van der Waals surface area contributed by atoms with Crippen molar-refractivity contribution in [1.82, 2.24) is 9.78 Å². The fraction of sp³-hybridized carbons (Fsp3) is 0.385. The third-order valence-electron chi connectivity index (χ3n) is 3.03. The Labute approximate surface area is 131 Å².